The zero-order valence-corrected chi connectivity index (χ0v) is 10.7. The average Bonchev–Trinajstić information content (AvgIpc) is 2.63. The van der Waals surface area contributed by atoms with Crippen LogP contribution >= 0.6 is 0 Å². The molecule has 0 bridgehead atoms. The molecule has 2 rings (SSSR count). The monoisotopic (exact) mass is 237 g/mol. The molecule has 0 radical (unpaired) electrons. The van der Waals surface area contributed by atoms with E-state index < -0.39 is 0 Å². The summed E-state index contributed by atoms with van der Waals surface area (Å²) in [7, 11) is 1.92. The second kappa shape index (κ2) is 5.65. The Bertz CT molecular complexity index is 340. The molecule has 0 aromatic carbocycles. The highest BCUT2D eigenvalue weighted by atomic mass is 16.5. The first-order valence-electron chi connectivity index (χ1n) is 6.57. The summed E-state index contributed by atoms with van der Waals surface area (Å²) in [6.07, 6.45) is 9.23. The molecular formula is C13H23N3O. The van der Waals surface area contributed by atoms with E-state index in [1.807, 2.05) is 19.3 Å². The molecule has 17 heavy (non-hydrogen) atoms. The van der Waals surface area contributed by atoms with Crippen LogP contribution in [0, 0.1) is 0 Å². The molecule has 1 heterocycles. The van der Waals surface area contributed by atoms with Crippen LogP contribution in [-0.2, 0) is 18.4 Å². The summed E-state index contributed by atoms with van der Waals surface area (Å²) in [4.78, 5) is 0. The molecule has 2 N–H and O–H groups in total. The SMILES string of the molecule is Cn1ccc(COC2(CN)CCCCCC2)n1. The fraction of sp³-hybridized carbons (Fsp3) is 0.769. The summed E-state index contributed by atoms with van der Waals surface area (Å²) in [5, 5.41) is 4.33. The lowest BCUT2D eigenvalue weighted by atomic mass is 9.94. The lowest BCUT2D eigenvalue weighted by Crippen LogP contribution is -2.40. The van der Waals surface area contributed by atoms with E-state index in [9.17, 15) is 0 Å². The Morgan fingerprint density at radius 3 is 2.59 bits per heavy atom. The standard InChI is InChI=1S/C13H23N3O/c1-16-9-6-12(15-16)10-17-13(11-14)7-4-2-3-5-8-13/h6,9H,2-5,7-8,10-11,14H2,1H3. The van der Waals surface area contributed by atoms with Gasteiger partial charge in [-0.2, -0.15) is 5.10 Å². The van der Waals surface area contributed by atoms with Crippen molar-refractivity contribution in [1.29, 1.82) is 0 Å². The lowest BCUT2D eigenvalue weighted by Gasteiger charge is -2.31. The van der Waals surface area contributed by atoms with Gasteiger partial charge in [0.1, 0.15) is 0 Å². The first-order chi connectivity index (χ1) is 8.24. The predicted molar refractivity (Wildman–Crippen MR) is 67.5 cm³/mol. The zero-order chi connectivity index (χ0) is 12.1. The summed E-state index contributed by atoms with van der Waals surface area (Å²) in [5.41, 5.74) is 6.81. The van der Waals surface area contributed by atoms with Crippen molar-refractivity contribution in [2.45, 2.75) is 50.7 Å². The predicted octanol–water partition coefficient (Wildman–Crippen LogP) is 1.99. The van der Waals surface area contributed by atoms with Crippen molar-refractivity contribution in [3.63, 3.8) is 0 Å². The van der Waals surface area contributed by atoms with Crippen LogP contribution in [0.3, 0.4) is 0 Å². The van der Waals surface area contributed by atoms with Crippen molar-refractivity contribution < 1.29 is 4.74 Å². The average molecular weight is 237 g/mol. The largest absolute Gasteiger partial charge is 0.367 e. The summed E-state index contributed by atoms with van der Waals surface area (Å²) in [6.45, 7) is 1.21. The number of aryl methyl sites for hydroxylation is 1. The number of hydrogen-bond donors (Lipinski definition) is 1. The van der Waals surface area contributed by atoms with Crippen molar-refractivity contribution >= 4 is 0 Å². The van der Waals surface area contributed by atoms with Crippen LogP contribution in [0.2, 0.25) is 0 Å². The van der Waals surface area contributed by atoms with E-state index in [0.29, 0.717) is 13.2 Å². The number of ether oxygens (including phenoxy) is 1. The van der Waals surface area contributed by atoms with E-state index in [0.717, 1.165) is 18.5 Å². The van der Waals surface area contributed by atoms with Gasteiger partial charge in [-0.1, -0.05) is 25.7 Å². The molecule has 4 heteroatoms. The Morgan fingerprint density at radius 1 is 1.35 bits per heavy atom. The molecule has 1 aliphatic carbocycles. The van der Waals surface area contributed by atoms with Gasteiger partial charge >= 0.3 is 0 Å². The summed E-state index contributed by atoms with van der Waals surface area (Å²) < 4.78 is 7.90. The van der Waals surface area contributed by atoms with Gasteiger partial charge in [0.25, 0.3) is 0 Å². The maximum Gasteiger partial charge on any atom is 0.0914 e. The molecule has 4 nitrogen and oxygen atoms in total. The van der Waals surface area contributed by atoms with Crippen LogP contribution in [0.25, 0.3) is 0 Å². The molecule has 1 fully saturated rings. The van der Waals surface area contributed by atoms with Gasteiger partial charge in [0, 0.05) is 19.8 Å². The highest BCUT2D eigenvalue weighted by molar-refractivity contribution is 4.97. The quantitative estimate of drug-likeness (QED) is 0.815. The molecule has 0 unspecified atom stereocenters. The van der Waals surface area contributed by atoms with E-state index in [-0.39, 0.29) is 5.60 Å². The van der Waals surface area contributed by atoms with Crippen LogP contribution in [0.4, 0.5) is 0 Å². The molecule has 0 saturated heterocycles. The van der Waals surface area contributed by atoms with Crippen LogP contribution in [0.5, 0.6) is 0 Å². The molecule has 1 aromatic rings. The van der Waals surface area contributed by atoms with Gasteiger partial charge in [0.05, 0.1) is 17.9 Å². The van der Waals surface area contributed by atoms with Gasteiger partial charge in [-0.3, -0.25) is 4.68 Å². The van der Waals surface area contributed by atoms with Crippen LogP contribution < -0.4 is 5.73 Å². The number of aromatic nitrogens is 2. The Morgan fingerprint density at radius 2 is 2.06 bits per heavy atom. The van der Waals surface area contributed by atoms with Crippen LogP contribution in [-0.4, -0.2) is 21.9 Å². The van der Waals surface area contributed by atoms with Crippen molar-refractivity contribution in [2.24, 2.45) is 12.8 Å². The Kier molecular flexibility index (Phi) is 4.18. The third-order valence-corrected chi connectivity index (χ3v) is 3.68. The molecule has 0 amide bonds. The molecule has 1 aromatic heterocycles. The highest BCUT2D eigenvalue weighted by Crippen LogP contribution is 2.30. The minimum Gasteiger partial charge on any atom is -0.367 e. The van der Waals surface area contributed by atoms with Gasteiger partial charge in [0.15, 0.2) is 0 Å². The molecule has 96 valence electrons. The third kappa shape index (κ3) is 3.30. The minimum atomic E-state index is -0.103. The molecule has 0 atom stereocenters. The van der Waals surface area contributed by atoms with Crippen molar-refractivity contribution in [3.05, 3.63) is 18.0 Å². The van der Waals surface area contributed by atoms with E-state index in [4.69, 9.17) is 10.5 Å². The number of rotatable bonds is 4. The van der Waals surface area contributed by atoms with E-state index >= 15 is 0 Å². The fourth-order valence-corrected chi connectivity index (χ4v) is 2.55. The second-order valence-corrected chi connectivity index (χ2v) is 5.07. The highest BCUT2D eigenvalue weighted by Gasteiger charge is 2.30. The summed E-state index contributed by atoms with van der Waals surface area (Å²) in [5.74, 6) is 0. The minimum absolute atomic E-state index is 0.103. The molecule has 1 saturated carbocycles. The van der Waals surface area contributed by atoms with E-state index in [1.54, 1.807) is 4.68 Å². The fourth-order valence-electron chi connectivity index (χ4n) is 2.55. The Hall–Kier alpha value is -0.870. The maximum atomic E-state index is 6.10. The molecule has 1 aliphatic rings. The molecule has 0 spiro atoms. The summed E-state index contributed by atoms with van der Waals surface area (Å²) in [6, 6.07) is 2.00. The van der Waals surface area contributed by atoms with Crippen molar-refractivity contribution in [3.8, 4) is 0 Å². The molecule has 0 aliphatic heterocycles. The number of nitrogens with zero attached hydrogens (tertiary/aromatic N) is 2. The Balaban J connectivity index is 1.93. The first kappa shape index (κ1) is 12.6. The van der Waals surface area contributed by atoms with E-state index in [1.165, 1.54) is 25.7 Å². The van der Waals surface area contributed by atoms with Gasteiger partial charge in [-0.05, 0) is 18.9 Å². The van der Waals surface area contributed by atoms with Crippen LogP contribution in [0.1, 0.15) is 44.2 Å². The van der Waals surface area contributed by atoms with Crippen LogP contribution in [0.15, 0.2) is 12.3 Å². The summed E-state index contributed by atoms with van der Waals surface area (Å²) >= 11 is 0. The van der Waals surface area contributed by atoms with Gasteiger partial charge in [-0.15, -0.1) is 0 Å². The molecular weight excluding hydrogens is 214 g/mol. The first-order valence-corrected chi connectivity index (χ1v) is 6.57. The van der Waals surface area contributed by atoms with Gasteiger partial charge in [0.2, 0.25) is 0 Å². The van der Waals surface area contributed by atoms with Crippen molar-refractivity contribution in [1.82, 2.24) is 9.78 Å². The lowest BCUT2D eigenvalue weighted by molar-refractivity contribution is -0.0615. The Labute approximate surface area is 103 Å². The topological polar surface area (TPSA) is 53.1 Å². The zero-order valence-electron chi connectivity index (χ0n) is 10.7. The number of hydrogen-bond acceptors (Lipinski definition) is 3. The number of nitrogens with two attached hydrogens (primary N) is 1. The van der Waals surface area contributed by atoms with Gasteiger partial charge in [-0.25, -0.2) is 0 Å². The van der Waals surface area contributed by atoms with Gasteiger partial charge < -0.3 is 10.5 Å². The smallest absolute Gasteiger partial charge is 0.0914 e. The second-order valence-electron chi connectivity index (χ2n) is 5.07. The maximum absolute atomic E-state index is 6.10. The van der Waals surface area contributed by atoms with Crippen molar-refractivity contribution in [2.75, 3.05) is 6.54 Å². The normalized spacial score (nSPS) is 20.1. The van der Waals surface area contributed by atoms with E-state index in [2.05, 4.69) is 5.10 Å². The third-order valence-electron chi connectivity index (χ3n) is 3.68.